The molecule has 4 N–H and O–H groups in total. The molecule has 2 aromatic rings. The molecule has 0 aliphatic heterocycles. The van der Waals surface area contributed by atoms with Crippen molar-refractivity contribution in [3.05, 3.63) is 26.7 Å². The molecule has 0 fully saturated rings. The van der Waals surface area contributed by atoms with Crippen molar-refractivity contribution in [1.82, 2.24) is 19.9 Å². The molecule has 0 aromatic carbocycles. The fourth-order valence-corrected chi connectivity index (χ4v) is 1.22. The Morgan fingerprint density at radius 3 is 2.47 bits per heavy atom. The second kappa shape index (κ2) is 2.80. The summed E-state index contributed by atoms with van der Waals surface area (Å²) in [5, 5.41) is 9.65. The third kappa shape index (κ3) is 1.57. The van der Waals surface area contributed by atoms with Gasteiger partial charge in [-0.15, -0.1) is 0 Å². The molecule has 0 spiro atoms. The lowest BCUT2D eigenvalue weighted by atomic mass is 10.1. The molecule has 2 rings (SSSR count). The lowest BCUT2D eigenvalue weighted by molar-refractivity contribution is 0.0700. The minimum atomic E-state index is -1.19. The average Bonchev–Trinajstić information content (AvgIpc) is 2.46. The third-order valence-corrected chi connectivity index (χ3v) is 1.97. The molecule has 0 saturated carbocycles. The molecule has 0 atom stereocenters. The maximum absolute atomic E-state index is 11.3. The minimum absolute atomic E-state index is 0.140. The van der Waals surface area contributed by atoms with E-state index in [9.17, 15) is 14.7 Å². The van der Waals surface area contributed by atoms with Gasteiger partial charge in [-0.1, -0.05) is 0 Å². The van der Waals surface area contributed by atoms with Gasteiger partial charge in [-0.2, -0.15) is 0 Å². The number of imidazole rings is 1. The van der Waals surface area contributed by atoms with Gasteiger partial charge in [-0.3, -0.25) is 14.8 Å². The highest BCUT2D eigenvalue weighted by atomic mass is 16.3. The van der Waals surface area contributed by atoms with E-state index in [0.717, 1.165) is 0 Å². The summed E-state index contributed by atoms with van der Waals surface area (Å²) in [6.45, 7) is 3.05. The Labute approximate surface area is 83.2 Å². The summed E-state index contributed by atoms with van der Waals surface area (Å²) in [5.41, 5.74) is -2.09. The van der Waals surface area contributed by atoms with Crippen molar-refractivity contribution >= 4 is 11.2 Å². The van der Waals surface area contributed by atoms with Crippen LogP contribution in [0, 0.1) is 0 Å². The average molecular weight is 210 g/mol. The smallest absolute Gasteiger partial charge is 0.327 e. The highest BCUT2D eigenvalue weighted by Gasteiger charge is 2.21. The Morgan fingerprint density at radius 1 is 1.20 bits per heavy atom. The number of aromatic amines is 3. The maximum Gasteiger partial charge on any atom is 0.327 e. The van der Waals surface area contributed by atoms with Gasteiger partial charge >= 0.3 is 5.69 Å². The zero-order valence-electron chi connectivity index (χ0n) is 8.21. The van der Waals surface area contributed by atoms with Crippen molar-refractivity contribution in [2.24, 2.45) is 0 Å². The van der Waals surface area contributed by atoms with Gasteiger partial charge in [0.15, 0.2) is 5.65 Å². The zero-order chi connectivity index (χ0) is 11.2. The normalized spacial score (nSPS) is 12.2. The van der Waals surface area contributed by atoms with E-state index in [1.807, 2.05) is 0 Å². The minimum Gasteiger partial charge on any atom is -0.383 e. The maximum atomic E-state index is 11.3. The topological polar surface area (TPSA) is 115 Å². The monoisotopic (exact) mass is 210 g/mol. The molecule has 7 heteroatoms. The molecule has 0 saturated heterocycles. The second-order valence-electron chi connectivity index (χ2n) is 3.78. The van der Waals surface area contributed by atoms with Gasteiger partial charge < -0.3 is 10.1 Å². The van der Waals surface area contributed by atoms with E-state index >= 15 is 0 Å². The van der Waals surface area contributed by atoms with E-state index in [1.54, 1.807) is 0 Å². The van der Waals surface area contributed by atoms with Crippen molar-refractivity contribution < 1.29 is 5.11 Å². The van der Waals surface area contributed by atoms with Crippen molar-refractivity contribution in [3.63, 3.8) is 0 Å². The van der Waals surface area contributed by atoms with Crippen LogP contribution in [0.25, 0.3) is 11.2 Å². The largest absolute Gasteiger partial charge is 0.383 e. The lowest BCUT2D eigenvalue weighted by Gasteiger charge is -2.12. The first-order valence-corrected chi connectivity index (χ1v) is 4.33. The van der Waals surface area contributed by atoms with E-state index in [4.69, 9.17) is 0 Å². The lowest BCUT2D eigenvalue weighted by Crippen LogP contribution is -2.21. The number of aromatic nitrogens is 4. The van der Waals surface area contributed by atoms with E-state index in [2.05, 4.69) is 19.9 Å². The van der Waals surface area contributed by atoms with Crippen LogP contribution in [-0.2, 0) is 5.60 Å². The number of nitrogens with one attached hydrogen (secondary N) is 3. The molecule has 0 unspecified atom stereocenters. The number of H-pyrrole nitrogens is 3. The van der Waals surface area contributed by atoms with Gasteiger partial charge in [0.05, 0.1) is 0 Å². The Hall–Kier alpha value is -1.89. The van der Waals surface area contributed by atoms with Crippen molar-refractivity contribution in [2.45, 2.75) is 19.4 Å². The molecule has 0 amide bonds. The molecule has 7 nitrogen and oxygen atoms in total. The van der Waals surface area contributed by atoms with Crippen molar-refractivity contribution in [1.29, 1.82) is 0 Å². The summed E-state index contributed by atoms with van der Waals surface area (Å²) in [6, 6.07) is 0. The highest BCUT2D eigenvalue weighted by Crippen LogP contribution is 2.16. The number of rotatable bonds is 1. The molecular formula is C8H10N4O3. The first-order chi connectivity index (χ1) is 6.88. The third-order valence-electron chi connectivity index (χ3n) is 1.97. The number of hydrogen-bond donors (Lipinski definition) is 4. The Balaban J connectivity index is 2.83. The standard InChI is InChI=1S/C8H10N4O3/c1-8(2,15)6-9-3-4(10-6)11-7(14)12-5(3)13/h15H,1-2H3,(H3,9,10,11,12,13,14). The number of aliphatic hydroxyl groups is 1. The van der Waals surface area contributed by atoms with Gasteiger partial charge in [0.25, 0.3) is 5.56 Å². The molecular weight excluding hydrogens is 200 g/mol. The van der Waals surface area contributed by atoms with Crippen LogP contribution >= 0.6 is 0 Å². The van der Waals surface area contributed by atoms with E-state index < -0.39 is 16.9 Å². The molecule has 0 aliphatic rings. The molecule has 80 valence electrons. The molecule has 15 heavy (non-hydrogen) atoms. The second-order valence-corrected chi connectivity index (χ2v) is 3.78. The molecule has 0 bridgehead atoms. The SMILES string of the molecule is CC(C)(O)c1nc2[nH]c(=O)[nH]c(=O)c2[nH]1. The fraction of sp³-hybridized carbons (Fsp3) is 0.375. The molecule has 0 aliphatic carbocycles. The van der Waals surface area contributed by atoms with Crippen molar-refractivity contribution in [3.8, 4) is 0 Å². The van der Waals surface area contributed by atoms with Crippen LogP contribution in [0.3, 0.4) is 0 Å². The van der Waals surface area contributed by atoms with E-state index in [-0.39, 0.29) is 17.0 Å². The Bertz CT molecular complexity index is 613. The van der Waals surface area contributed by atoms with E-state index in [0.29, 0.717) is 0 Å². The van der Waals surface area contributed by atoms with Crippen LogP contribution < -0.4 is 11.2 Å². The first-order valence-electron chi connectivity index (χ1n) is 4.33. The first kappa shape index (κ1) is 9.66. The quantitative estimate of drug-likeness (QED) is 0.491. The van der Waals surface area contributed by atoms with Crippen LogP contribution in [0.4, 0.5) is 0 Å². The predicted octanol–water partition coefficient (Wildman–Crippen LogP) is -0.833. The van der Waals surface area contributed by atoms with Gasteiger partial charge in [-0.25, -0.2) is 9.78 Å². The van der Waals surface area contributed by atoms with Crippen LogP contribution in [0.15, 0.2) is 9.59 Å². The summed E-state index contributed by atoms with van der Waals surface area (Å²) in [4.78, 5) is 33.2. The van der Waals surface area contributed by atoms with Crippen LogP contribution in [0.2, 0.25) is 0 Å². The van der Waals surface area contributed by atoms with Crippen LogP contribution in [0.5, 0.6) is 0 Å². The van der Waals surface area contributed by atoms with Crippen LogP contribution in [-0.4, -0.2) is 25.0 Å². The van der Waals surface area contributed by atoms with Crippen LogP contribution in [0.1, 0.15) is 19.7 Å². The predicted molar refractivity (Wildman–Crippen MR) is 52.6 cm³/mol. The van der Waals surface area contributed by atoms with Gasteiger partial charge in [-0.05, 0) is 13.8 Å². The van der Waals surface area contributed by atoms with E-state index in [1.165, 1.54) is 13.8 Å². The molecule has 0 radical (unpaired) electrons. The Morgan fingerprint density at radius 2 is 1.87 bits per heavy atom. The Kier molecular flexibility index (Phi) is 1.80. The van der Waals surface area contributed by atoms with Gasteiger partial charge in [0.1, 0.15) is 16.9 Å². The summed E-state index contributed by atoms with van der Waals surface area (Å²) in [5.74, 6) is 0.227. The molecule has 2 aromatic heterocycles. The summed E-state index contributed by atoms with van der Waals surface area (Å²) in [6.07, 6.45) is 0. The molecule has 2 heterocycles. The fourth-order valence-electron chi connectivity index (χ4n) is 1.22. The zero-order valence-corrected chi connectivity index (χ0v) is 8.21. The number of nitrogens with zero attached hydrogens (tertiary/aromatic N) is 1. The summed E-state index contributed by atoms with van der Waals surface area (Å²) < 4.78 is 0. The van der Waals surface area contributed by atoms with Gasteiger partial charge in [0.2, 0.25) is 0 Å². The van der Waals surface area contributed by atoms with Gasteiger partial charge in [0, 0.05) is 0 Å². The summed E-state index contributed by atoms with van der Waals surface area (Å²) in [7, 11) is 0. The highest BCUT2D eigenvalue weighted by molar-refractivity contribution is 5.68. The van der Waals surface area contributed by atoms with Crippen molar-refractivity contribution in [2.75, 3.05) is 0 Å². The summed E-state index contributed by atoms with van der Waals surface area (Å²) >= 11 is 0. The number of hydrogen-bond acceptors (Lipinski definition) is 4. The number of fused-ring (bicyclic) bond motifs is 1.